The highest BCUT2D eigenvalue weighted by Crippen LogP contribution is 2.28. The van der Waals surface area contributed by atoms with Crippen LogP contribution in [0.4, 0.5) is 0 Å². The molecule has 0 saturated carbocycles. The number of carbonyl (C=O) groups is 4. The van der Waals surface area contributed by atoms with E-state index in [1.54, 1.807) is 0 Å². The zero-order valence-corrected chi connectivity index (χ0v) is 13.0. The zero-order valence-electron chi connectivity index (χ0n) is 13.0. The Hall–Kier alpha value is -2.20. The summed E-state index contributed by atoms with van der Waals surface area (Å²) >= 11 is 0. The summed E-state index contributed by atoms with van der Waals surface area (Å²) in [4.78, 5) is 45.5. The van der Waals surface area contributed by atoms with E-state index in [4.69, 9.17) is 18.9 Å². The lowest BCUT2D eigenvalue weighted by molar-refractivity contribution is -0.289. The van der Waals surface area contributed by atoms with Gasteiger partial charge in [-0.05, 0) is 0 Å². The number of methoxy groups -OCH3 is 1. The maximum atomic E-state index is 11.8. The lowest BCUT2D eigenvalue weighted by atomic mass is 9.98. The highest BCUT2D eigenvalue weighted by Gasteiger charge is 2.54. The number of rotatable bonds is 4. The van der Waals surface area contributed by atoms with Gasteiger partial charge in [-0.15, -0.1) is 0 Å². The third-order valence-electron chi connectivity index (χ3n) is 2.85. The van der Waals surface area contributed by atoms with E-state index in [1.807, 2.05) is 0 Å². The Bertz CT molecular complexity index is 487. The van der Waals surface area contributed by atoms with Crippen molar-refractivity contribution in [3.05, 3.63) is 0 Å². The summed E-state index contributed by atoms with van der Waals surface area (Å²) in [5.41, 5.74) is 0. The predicted octanol–water partition coefficient (Wildman–Crippen LogP) is -1.33. The number of hydrogen-bond donors (Lipinski definition) is 1. The van der Waals surface area contributed by atoms with Gasteiger partial charge in [0.05, 0.1) is 7.11 Å². The van der Waals surface area contributed by atoms with E-state index in [-0.39, 0.29) is 0 Å². The minimum atomic E-state index is -1.79. The van der Waals surface area contributed by atoms with Gasteiger partial charge in [0.25, 0.3) is 0 Å². The highest BCUT2D eigenvalue weighted by molar-refractivity contribution is 5.77. The number of carbonyl (C=O) groups excluding carboxylic acids is 4. The van der Waals surface area contributed by atoms with Gasteiger partial charge in [0.2, 0.25) is 0 Å². The first-order valence-electron chi connectivity index (χ1n) is 6.60. The van der Waals surface area contributed by atoms with E-state index in [0.29, 0.717) is 0 Å². The van der Waals surface area contributed by atoms with Crippen molar-refractivity contribution in [1.29, 1.82) is 0 Å². The topological polar surface area (TPSA) is 135 Å². The van der Waals surface area contributed by atoms with Crippen LogP contribution >= 0.6 is 0 Å². The van der Waals surface area contributed by atoms with Crippen molar-refractivity contribution in [1.82, 2.24) is 0 Å². The quantitative estimate of drug-likeness (QED) is 0.486. The molecular formula is C13H18O10. The van der Waals surface area contributed by atoms with Gasteiger partial charge in [-0.1, -0.05) is 0 Å². The Morgan fingerprint density at radius 2 is 1.26 bits per heavy atom. The molecular weight excluding hydrogens is 316 g/mol. The molecule has 0 aromatic rings. The predicted molar refractivity (Wildman–Crippen MR) is 69.6 cm³/mol. The first kappa shape index (κ1) is 18.8. The van der Waals surface area contributed by atoms with Gasteiger partial charge in [-0.25, -0.2) is 4.79 Å². The van der Waals surface area contributed by atoms with Crippen molar-refractivity contribution < 1.29 is 48.0 Å². The monoisotopic (exact) mass is 334 g/mol. The lowest BCUT2D eigenvalue weighted by Crippen LogP contribution is -2.63. The second-order valence-corrected chi connectivity index (χ2v) is 4.69. The second-order valence-electron chi connectivity index (χ2n) is 4.69. The Labute approximate surface area is 131 Å². The fourth-order valence-electron chi connectivity index (χ4n) is 2.10. The zero-order chi connectivity index (χ0) is 17.7. The summed E-state index contributed by atoms with van der Waals surface area (Å²) in [5.74, 6) is -3.37. The number of hydrogen-bond acceptors (Lipinski definition) is 10. The molecule has 130 valence electrons. The van der Waals surface area contributed by atoms with E-state index >= 15 is 0 Å². The molecule has 1 fully saturated rings. The van der Waals surface area contributed by atoms with E-state index in [1.165, 1.54) is 0 Å². The molecule has 1 aliphatic rings. The normalized spacial score (nSPS) is 30.0. The SMILES string of the molecule is COC(=O)[C@H]1OC(O)C(OC(C)=O)[C@@H](OC(C)=O)[C@@H]1OC(C)=O. The third-order valence-corrected chi connectivity index (χ3v) is 2.85. The minimum Gasteiger partial charge on any atom is -0.467 e. The van der Waals surface area contributed by atoms with E-state index in [2.05, 4.69) is 4.74 Å². The number of esters is 4. The van der Waals surface area contributed by atoms with Crippen molar-refractivity contribution in [2.45, 2.75) is 51.5 Å². The number of aliphatic hydroxyl groups excluding tert-OH is 1. The molecule has 2 unspecified atom stereocenters. The Kier molecular flexibility index (Phi) is 6.46. The molecule has 0 amide bonds. The van der Waals surface area contributed by atoms with Crippen LogP contribution in [-0.2, 0) is 42.9 Å². The van der Waals surface area contributed by atoms with Crippen LogP contribution in [0.1, 0.15) is 20.8 Å². The van der Waals surface area contributed by atoms with Gasteiger partial charge >= 0.3 is 23.9 Å². The molecule has 10 nitrogen and oxygen atoms in total. The molecule has 1 heterocycles. The van der Waals surface area contributed by atoms with Gasteiger partial charge in [-0.2, -0.15) is 0 Å². The van der Waals surface area contributed by atoms with Crippen molar-refractivity contribution in [2.24, 2.45) is 0 Å². The van der Waals surface area contributed by atoms with Crippen LogP contribution in [0.25, 0.3) is 0 Å². The lowest BCUT2D eigenvalue weighted by Gasteiger charge is -2.41. The van der Waals surface area contributed by atoms with Crippen LogP contribution in [0, 0.1) is 0 Å². The Balaban J connectivity index is 3.21. The number of aliphatic hydroxyl groups is 1. The first-order chi connectivity index (χ1) is 10.7. The van der Waals surface area contributed by atoms with Gasteiger partial charge in [0.1, 0.15) is 0 Å². The molecule has 1 rings (SSSR count). The van der Waals surface area contributed by atoms with Crippen LogP contribution in [0.3, 0.4) is 0 Å². The molecule has 0 bridgehead atoms. The molecule has 0 aliphatic carbocycles. The van der Waals surface area contributed by atoms with Crippen LogP contribution < -0.4 is 0 Å². The first-order valence-corrected chi connectivity index (χ1v) is 6.60. The van der Waals surface area contributed by atoms with Gasteiger partial charge < -0.3 is 28.8 Å². The molecule has 10 heteroatoms. The molecule has 1 N–H and O–H groups in total. The van der Waals surface area contributed by atoms with E-state index < -0.39 is 54.6 Å². The molecule has 0 aromatic heterocycles. The van der Waals surface area contributed by atoms with Gasteiger partial charge in [-0.3, -0.25) is 14.4 Å². The molecule has 23 heavy (non-hydrogen) atoms. The Morgan fingerprint density at radius 1 is 0.826 bits per heavy atom. The van der Waals surface area contributed by atoms with Crippen molar-refractivity contribution in [3.8, 4) is 0 Å². The smallest absolute Gasteiger partial charge is 0.339 e. The summed E-state index contributed by atoms with van der Waals surface area (Å²) in [7, 11) is 1.06. The summed E-state index contributed by atoms with van der Waals surface area (Å²) in [5, 5.41) is 9.93. The maximum Gasteiger partial charge on any atom is 0.339 e. The van der Waals surface area contributed by atoms with Crippen LogP contribution in [0.5, 0.6) is 0 Å². The average molecular weight is 334 g/mol. The highest BCUT2D eigenvalue weighted by atomic mass is 16.7. The van der Waals surface area contributed by atoms with Gasteiger partial charge in [0, 0.05) is 20.8 Å². The van der Waals surface area contributed by atoms with Crippen LogP contribution in [0.15, 0.2) is 0 Å². The van der Waals surface area contributed by atoms with Crippen molar-refractivity contribution >= 4 is 23.9 Å². The van der Waals surface area contributed by atoms with Crippen LogP contribution in [0.2, 0.25) is 0 Å². The van der Waals surface area contributed by atoms with Crippen molar-refractivity contribution in [3.63, 3.8) is 0 Å². The standard InChI is InChI=1S/C13H18O10/c1-5(14)20-8-9(21-6(2)15)11(22-7(3)16)13(18)23-10(8)12(17)19-4/h8-11,13,18H,1-4H3/t8-,9-,10-,11?,13?/m0/s1. The number of ether oxygens (including phenoxy) is 5. The maximum absolute atomic E-state index is 11.8. The molecule has 0 radical (unpaired) electrons. The summed E-state index contributed by atoms with van der Waals surface area (Å²) in [6, 6.07) is 0. The Morgan fingerprint density at radius 3 is 1.70 bits per heavy atom. The molecule has 0 aromatic carbocycles. The summed E-state index contributed by atoms with van der Waals surface area (Å²) < 4.78 is 24.3. The van der Waals surface area contributed by atoms with Gasteiger partial charge in [0.15, 0.2) is 30.7 Å². The summed E-state index contributed by atoms with van der Waals surface area (Å²) in [6.45, 7) is 3.18. The fourth-order valence-corrected chi connectivity index (χ4v) is 2.10. The summed E-state index contributed by atoms with van der Waals surface area (Å²) in [6.07, 6.45) is -7.75. The largest absolute Gasteiger partial charge is 0.467 e. The minimum absolute atomic E-state index is 0.798. The fraction of sp³-hybridized carbons (Fsp3) is 0.692. The van der Waals surface area contributed by atoms with E-state index in [9.17, 15) is 24.3 Å². The van der Waals surface area contributed by atoms with E-state index in [0.717, 1.165) is 27.9 Å². The third kappa shape index (κ3) is 4.89. The molecule has 1 saturated heterocycles. The van der Waals surface area contributed by atoms with Crippen LogP contribution in [-0.4, -0.2) is 66.8 Å². The average Bonchev–Trinajstić information content (AvgIpc) is 2.43. The molecule has 5 atom stereocenters. The molecule has 0 spiro atoms. The van der Waals surface area contributed by atoms with Crippen molar-refractivity contribution in [2.75, 3.05) is 7.11 Å². The second kappa shape index (κ2) is 7.88. The molecule has 1 aliphatic heterocycles.